The van der Waals surface area contributed by atoms with Crippen molar-refractivity contribution in [2.45, 2.75) is 40.2 Å². The Bertz CT molecular complexity index is 331. The quantitative estimate of drug-likeness (QED) is 0.696. The minimum atomic E-state index is -0.149. The SMILES string of the molecule is CCCOC(=O)CCn1nc(C)cc1C. The molecule has 0 aromatic carbocycles. The average molecular weight is 210 g/mol. The molecule has 1 heterocycles. The summed E-state index contributed by atoms with van der Waals surface area (Å²) in [7, 11) is 0. The second kappa shape index (κ2) is 5.53. The highest BCUT2D eigenvalue weighted by molar-refractivity contribution is 5.69. The van der Waals surface area contributed by atoms with E-state index in [1.54, 1.807) is 0 Å². The molecule has 1 aromatic rings. The first-order valence-electron chi connectivity index (χ1n) is 5.30. The Hall–Kier alpha value is -1.32. The molecule has 0 aliphatic heterocycles. The molecule has 0 bridgehead atoms. The number of carbonyl (C=O) groups excluding carboxylic acids is 1. The van der Waals surface area contributed by atoms with Crippen molar-refractivity contribution in [3.63, 3.8) is 0 Å². The lowest BCUT2D eigenvalue weighted by molar-refractivity contribution is -0.143. The van der Waals surface area contributed by atoms with E-state index in [-0.39, 0.29) is 5.97 Å². The van der Waals surface area contributed by atoms with E-state index >= 15 is 0 Å². The van der Waals surface area contributed by atoms with Crippen molar-refractivity contribution in [1.82, 2.24) is 9.78 Å². The van der Waals surface area contributed by atoms with E-state index < -0.39 is 0 Å². The summed E-state index contributed by atoms with van der Waals surface area (Å²) in [6, 6.07) is 2.00. The van der Waals surface area contributed by atoms with Crippen LogP contribution in [0.25, 0.3) is 0 Å². The maximum Gasteiger partial charge on any atom is 0.307 e. The first-order valence-corrected chi connectivity index (χ1v) is 5.30. The van der Waals surface area contributed by atoms with Crippen molar-refractivity contribution < 1.29 is 9.53 Å². The van der Waals surface area contributed by atoms with Crippen LogP contribution in [0.2, 0.25) is 0 Å². The zero-order valence-corrected chi connectivity index (χ0v) is 9.62. The Labute approximate surface area is 90.2 Å². The van der Waals surface area contributed by atoms with E-state index in [4.69, 9.17) is 4.74 Å². The molecule has 0 aliphatic rings. The third kappa shape index (κ3) is 3.73. The van der Waals surface area contributed by atoms with Gasteiger partial charge in [-0.1, -0.05) is 6.92 Å². The molecule has 0 atom stereocenters. The molecule has 0 radical (unpaired) electrons. The Morgan fingerprint density at radius 2 is 2.27 bits per heavy atom. The largest absolute Gasteiger partial charge is 0.466 e. The van der Waals surface area contributed by atoms with Crippen molar-refractivity contribution in [1.29, 1.82) is 0 Å². The second-order valence-corrected chi connectivity index (χ2v) is 3.62. The van der Waals surface area contributed by atoms with Gasteiger partial charge in [0.1, 0.15) is 0 Å². The fourth-order valence-electron chi connectivity index (χ4n) is 1.39. The van der Waals surface area contributed by atoms with Gasteiger partial charge in [-0.05, 0) is 26.3 Å². The van der Waals surface area contributed by atoms with E-state index in [1.807, 2.05) is 31.5 Å². The summed E-state index contributed by atoms with van der Waals surface area (Å²) in [6.07, 6.45) is 1.26. The first-order chi connectivity index (χ1) is 7.13. The lowest BCUT2D eigenvalue weighted by Crippen LogP contribution is -2.11. The van der Waals surface area contributed by atoms with Crippen LogP contribution in [0.3, 0.4) is 0 Å². The van der Waals surface area contributed by atoms with E-state index in [0.29, 0.717) is 19.6 Å². The Morgan fingerprint density at radius 1 is 1.53 bits per heavy atom. The molecule has 0 amide bonds. The summed E-state index contributed by atoms with van der Waals surface area (Å²) in [5, 5.41) is 4.27. The monoisotopic (exact) mass is 210 g/mol. The third-order valence-corrected chi connectivity index (χ3v) is 2.10. The van der Waals surface area contributed by atoms with Crippen LogP contribution in [-0.2, 0) is 16.1 Å². The van der Waals surface area contributed by atoms with Crippen molar-refractivity contribution in [3.05, 3.63) is 17.5 Å². The molecule has 0 N–H and O–H groups in total. The molecular weight excluding hydrogens is 192 g/mol. The summed E-state index contributed by atoms with van der Waals surface area (Å²) in [5.41, 5.74) is 2.06. The van der Waals surface area contributed by atoms with Crippen molar-refractivity contribution >= 4 is 5.97 Å². The summed E-state index contributed by atoms with van der Waals surface area (Å²) >= 11 is 0. The Kier molecular flexibility index (Phi) is 4.34. The molecule has 1 rings (SSSR count). The number of aromatic nitrogens is 2. The number of aryl methyl sites for hydroxylation is 3. The lowest BCUT2D eigenvalue weighted by atomic mass is 10.4. The van der Waals surface area contributed by atoms with E-state index in [2.05, 4.69) is 5.10 Å². The van der Waals surface area contributed by atoms with Crippen LogP contribution in [0.5, 0.6) is 0 Å². The molecule has 0 saturated carbocycles. The molecule has 0 fully saturated rings. The summed E-state index contributed by atoms with van der Waals surface area (Å²) in [5.74, 6) is -0.149. The molecule has 0 spiro atoms. The van der Waals surface area contributed by atoms with Gasteiger partial charge in [0, 0.05) is 5.69 Å². The highest BCUT2D eigenvalue weighted by Crippen LogP contribution is 2.03. The molecule has 4 nitrogen and oxygen atoms in total. The molecular formula is C11H18N2O2. The molecule has 1 aromatic heterocycles. The van der Waals surface area contributed by atoms with Gasteiger partial charge >= 0.3 is 5.97 Å². The Balaban J connectivity index is 2.36. The van der Waals surface area contributed by atoms with Crippen LogP contribution in [0.15, 0.2) is 6.07 Å². The average Bonchev–Trinajstić information content (AvgIpc) is 2.51. The first kappa shape index (κ1) is 11.8. The maximum atomic E-state index is 11.2. The fourth-order valence-corrected chi connectivity index (χ4v) is 1.39. The molecule has 84 valence electrons. The summed E-state index contributed by atoms with van der Waals surface area (Å²) in [6.45, 7) is 7.02. The van der Waals surface area contributed by atoms with Crippen molar-refractivity contribution in [2.24, 2.45) is 0 Å². The van der Waals surface area contributed by atoms with E-state index in [9.17, 15) is 4.79 Å². The number of rotatable bonds is 5. The van der Waals surface area contributed by atoms with Crippen LogP contribution >= 0.6 is 0 Å². The van der Waals surface area contributed by atoms with Crippen LogP contribution < -0.4 is 0 Å². The zero-order valence-electron chi connectivity index (χ0n) is 9.62. The highest BCUT2D eigenvalue weighted by Gasteiger charge is 2.05. The van der Waals surface area contributed by atoms with Crippen LogP contribution in [0, 0.1) is 13.8 Å². The second-order valence-electron chi connectivity index (χ2n) is 3.62. The highest BCUT2D eigenvalue weighted by atomic mass is 16.5. The normalized spacial score (nSPS) is 10.3. The molecule has 4 heteroatoms. The standard InChI is InChI=1S/C11H18N2O2/c1-4-7-15-11(14)5-6-13-10(3)8-9(2)12-13/h8H,4-7H2,1-3H3. The zero-order chi connectivity index (χ0) is 11.3. The molecule has 0 aliphatic carbocycles. The number of carbonyl (C=O) groups is 1. The smallest absolute Gasteiger partial charge is 0.307 e. The van der Waals surface area contributed by atoms with Crippen LogP contribution in [0.1, 0.15) is 31.2 Å². The van der Waals surface area contributed by atoms with Crippen molar-refractivity contribution in [2.75, 3.05) is 6.61 Å². The summed E-state index contributed by atoms with van der Waals surface area (Å²) < 4.78 is 6.82. The topological polar surface area (TPSA) is 44.1 Å². The number of ether oxygens (including phenoxy) is 1. The van der Waals surface area contributed by atoms with Crippen LogP contribution in [-0.4, -0.2) is 22.4 Å². The van der Waals surface area contributed by atoms with Gasteiger partial charge in [0.25, 0.3) is 0 Å². The Morgan fingerprint density at radius 3 is 2.80 bits per heavy atom. The summed E-state index contributed by atoms with van der Waals surface area (Å²) in [4.78, 5) is 11.2. The van der Waals surface area contributed by atoms with Gasteiger partial charge in [0.2, 0.25) is 0 Å². The van der Waals surface area contributed by atoms with Gasteiger partial charge in [-0.15, -0.1) is 0 Å². The minimum absolute atomic E-state index is 0.149. The van der Waals surface area contributed by atoms with Gasteiger partial charge in [0.15, 0.2) is 0 Å². The van der Waals surface area contributed by atoms with Gasteiger partial charge in [-0.2, -0.15) is 5.10 Å². The minimum Gasteiger partial charge on any atom is -0.466 e. The van der Waals surface area contributed by atoms with Gasteiger partial charge in [0.05, 0.1) is 25.3 Å². The van der Waals surface area contributed by atoms with Gasteiger partial charge < -0.3 is 4.74 Å². The number of hydrogen-bond donors (Lipinski definition) is 0. The molecule has 0 unspecified atom stereocenters. The predicted octanol–water partition coefficient (Wildman–Crippen LogP) is 1.84. The number of nitrogens with zero attached hydrogens (tertiary/aromatic N) is 2. The maximum absolute atomic E-state index is 11.2. The number of hydrogen-bond acceptors (Lipinski definition) is 3. The molecule has 15 heavy (non-hydrogen) atoms. The van der Waals surface area contributed by atoms with E-state index in [1.165, 1.54) is 0 Å². The van der Waals surface area contributed by atoms with Gasteiger partial charge in [-0.25, -0.2) is 0 Å². The molecule has 0 saturated heterocycles. The lowest BCUT2D eigenvalue weighted by Gasteiger charge is -2.04. The number of esters is 1. The van der Waals surface area contributed by atoms with Gasteiger partial charge in [-0.3, -0.25) is 9.48 Å². The van der Waals surface area contributed by atoms with Crippen molar-refractivity contribution in [3.8, 4) is 0 Å². The predicted molar refractivity (Wildman–Crippen MR) is 57.6 cm³/mol. The van der Waals surface area contributed by atoms with Crippen LogP contribution in [0.4, 0.5) is 0 Å². The fraction of sp³-hybridized carbons (Fsp3) is 0.636. The third-order valence-electron chi connectivity index (χ3n) is 2.10. The van der Waals surface area contributed by atoms with E-state index in [0.717, 1.165) is 17.8 Å².